The summed E-state index contributed by atoms with van der Waals surface area (Å²) in [6.45, 7) is 3.15. The van der Waals surface area contributed by atoms with Crippen LogP contribution in [0.25, 0.3) is 16.7 Å². The number of aromatic nitrogens is 2. The molecule has 1 amide bonds. The molecule has 3 aliphatic heterocycles. The molecule has 6 rings (SSSR count). The second-order valence-electron chi connectivity index (χ2n) is 10.8. The van der Waals surface area contributed by atoms with Gasteiger partial charge in [0.15, 0.2) is 0 Å². The van der Waals surface area contributed by atoms with Gasteiger partial charge in [-0.05, 0) is 77.9 Å². The third-order valence-electron chi connectivity index (χ3n) is 8.18. The largest absolute Gasteiger partial charge is 0.341 e. The van der Waals surface area contributed by atoms with Crippen LogP contribution in [0.5, 0.6) is 0 Å². The highest BCUT2D eigenvalue weighted by Crippen LogP contribution is 2.44. The average molecular weight is 518 g/mol. The van der Waals surface area contributed by atoms with E-state index in [1.807, 2.05) is 13.1 Å². The van der Waals surface area contributed by atoms with Crippen LogP contribution in [0.4, 0.5) is 20.2 Å². The number of fused-ring (bicyclic) bond motifs is 2. The second kappa shape index (κ2) is 9.66. The Morgan fingerprint density at radius 1 is 0.947 bits per heavy atom. The zero-order valence-electron chi connectivity index (χ0n) is 22.2. The third kappa shape index (κ3) is 4.41. The van der Waals surface area contributed by atoms with Gasteiger partial charge >= 0.3 is 0 Å². The fourth-order valence-electron chi connectivity index (χ4n) is 6.03. The highest BCUT2D eigenvalue weighted by molar-refractivity contribution is 5.86. The summed E-state index contributed by atoms with van der Waals surface area (Å²) in [4.78, 5) is 18.9. The van der Waals surface area contributed by atoms with Crippen molar-refractivity contribution in [3.63, 3.8) is 0 Å². The van der Waals surface area contributed by atoms with E-state index in [4.69, 9.17) is 0 Å². The maximum Gasteiger partial charge on any atom is 0.264 e. The van der Waals surface area contributed by atoms with Crippen molar-refractivity contribution in [3.8, 4) is 11.1 Å². The van der Waals surface area contributed by atoms with E-state index in [0.717, 1.165) is 72.5 Å². The number of nitrogens with zero attached hydrogens (tertiary/aromatic N) is 5. The molecule has 198 valence electrons. The molecule has 0 atom stereocenters. The van der Waals surface area contributed by atoms with Crippen LogP contribution < -0.4 is 4.90 Å². The molecule has 0 radical (unpaired) electrons. The number of rotatable bonds is 4. The smallest absolute Gasteiger partial charge is 0.264 e. The summed E-state index contributed by atoms with van der Waals surface area (Å²) in [7, 11) is 5.75. The Hall–Kier alpha value is -3.52. The molecule has 3 aliphatic rings. The standard InChI is InChI=1S/C30H33F2N5O/c1-34-9-6-19(7-10-34)21-11-22-14-29(38)35(2)18-26(22)28(13-21)37-8-4-5-20-12-24(23-16-33-36(3)17-23)25(30(31)32)15-27(20)37/h6,11-13,15-17,30H,4-5,7-10,14,18H2,1-3H3. The lowest BCUT2D eigenvalue weighted by molar-refractivity contribution is -0.130. The number of alkyl halides is 2. The third-order valence-corrected chi connectivity index (χ3v) is 8.18. The van der Waals surface area contributed by atoms with Gasteiger partial charge < -0.3 is 14.7 Å². The minimum atomic E-state index is -2.60. The molecular formula is C30H33F2N5O. The molecule has 0 spiro atoms. The Labute approximate surface area is 222 Å². The molecule has 0 saturated heterocycles. The van der Waals surface area contributed by atoms with E-state index in [-0.39, 0.29) is 11.5 Å². The average Bonchev–Trinajstić information content (AvgIpc) is 3.34. The lowest BCUT2D eigenvalue weighted by Gasteiger charge is -2.37. The van der Waals surface area contributed by atoms with Gasteiger partial charge in [-0.2, -0.15) is 5.10 Å². The molecule has 0 N–H and O–H groups in total. The highest BCUT2D eigenvalue weighted by Gasteiger charge is 2.30. The van der Waals surface area contributed by atoms with Crippen LogP contribution in [0.3, 0.4) is 0 Å². The summed E-state index contributed by atoms with van der Waals surface area (Å²) >= 11 is 0. The monoisotopic (exact) mass is 517 g/mol. The molecule has 1 aromatic heterocycles. The van der Waals surface area contributed by atoms with Gasteiger partial charge in [-0.15, -0.1) is 0 Å². The minimum absolute atomic E-state index is 0.0268. The molecule has 2 aromatic carbocycles. The first kappa shape index (κ1) is 24.8. The zero-order chi connectivity index (χ0) is 26.6. The number of halogens is 2. The summed E-state index contributed by atoms with van der Waals surface area (Å²) in [6.07, 6.45) is 6.17. The first-order valence-corrected chi connectivity index (χ1v) is 13.3. The highest BCUT2D eigenvalue weighted by atomic mass is 19.3. The van der Waals surface area contributed by atoms with Crippen molar-refractivity contribution in [3.05, 3.63) is 70.6 Å². The number of benzene rings is 2. The maximum absolute atomic E-state index is 14.4. The Morgan fingerprint density at radius 3 is 2.50 bits per heavy atom. The second-order valence-corrected chi connectivity index (χ2v) is 10.8. The first-order valence-electron chi connectivity index (χ1n) is 13.3. The molecule has 6 nitrogen and oxygen atoms in total. The lowest BCUT2D eigenvalue weighted by atomic mass is 9.88. The van der Waals surface area contributed by atoms with E-state index in [9.17, 15) is 13.6 Å². The van der Waals surface area contributed by atoms with Gasteiger partial charge in [0.1, 0.15) is 0 Å². The van der Waals surface area contributed by atoms with Crippen molar-refractivity contribution in [2.45, 2.75) is 38.7 Å². The molecule has 4 heterocycles. The number of hydrogen-bond acceptors (Lipinski definition) is 4. The fraction of sp³-hybridized carbons (Fsp3) is 0.400. The molecule has 0 unspecified atom stereocenters. The first-order chi connectivity index (χ1) is 18.3. The van der Waals surface area contributed by atoms with Crippen molar-refractivity contribution in [2.75, 3.05) is 38.6 Å². The number of likely N-dealkylation sites (N-methyl/N-ethyl adjacent to an activating group) is 2. The van der Waals surface area contributed by atoms with Gasteiger partial charge in [0.25, 0.3) is 6.43 Å². The molecule has 8 heteroatoms. The number of hydrogen-bond donors (Lipinski definition) is 0. The predicted molar refractivity (Wildman–Crippen MR) is 146 cm³/mol. The van der Waals surface area contributed by atoms with E-state index >= 15 is 0 Å². The zero-order valence-corrected chi connectivity index (χ0v) is 22.2. The van der Waals surface area contributed by atoms with Crippen molar-refractivity contribution in [1.29, 1.82) is 0 Å². The van der Waals surface area contributed by atoms with Crippen LogP contribution in [-0.2, 0) is 31.2 Å². The molecule has 0 saturated carbocycles. The fourth-order valence-corrected chi connectivity index (χ4v) is 6.03. The Morgan fingerprint density at radius 2 is 1.79 bits per heavy atom. The molecule has 38 heavy (non-hydrogen) atoms. The number of amides is 1. The molecule has 3 aromatic rings. The topological polar surface area (TPSA) is 44.6 Å². The van der Waals surface area contributed by atoms with Gasteiger partial charge in [-0.1, -0.05) is 12.1 Å². The molecule has 0 aliphatic carbocycles. The summed E-state index contributed by atoms with van der Waals surface area (Å²) in [5.41, 5.74) is 8.82. The van der Waals surface area contributed by atoms with Crippen molar-refractivity contribution in [2.24, 2.45) is 7.05 Å². The Kier molecular flexibility index (Phi) is 6.30. The summed E-state index contributed by atoms with van der Waals surface area (Å²) in [6, 6.07) is 8.03. The van der Waals surface area contributed by atoms with Crippen molar-refractivity contribution >= 4 is 22.9 Å². The normalized spacial score (nSPS) is 18.1. The van der Waals surface area contributed by atoms with E-state index in [0.29, 0.717) is 24.1 Å². The summed E-state index contributed by atoms with van der Waals surface area (Å²) in [5, 5.41) is 4.21. The van der Waals surface area contributed by atoms with Gasteiger partial charge in [0.2, 0.25) is 5.91 Å². The Bertz CT molecular complexity index is 1440. The summed E-state index contributed by atoms with van der Waals surface area (Å²) < 4.78 is 30.5. The summed E-state index contributed by atoms with van der Waals surface area (Å²) in [5.74, 6) is 0.109. The Balaban J connectivity index is 1.51. The van der Waals surface area contributed by atoms with Crippen LogP contribution in [0.2, 0.25) is 0 Å². The van der Waals surface area contributed by atoms with Gasteiger partial charge in [-0.3, -0.25) is 9.48 Å². The van der Waals surface area contributed by atoms with Gasteiger partial charge in [0.05, 0.1) is 12.6 Å². The van der Waals surface area contributed by atoms with Crippen molar-refractivity contribution < 1.29 is 13.6 Å². The van der Waals surface area contributed by atoms with E-state index in [1.54, 1.807) is 35.1 Å². The molecule has 0 bridgehead atoms. The van der Waals surface area contributed by atoms with Crippen LogP contribution in [0, 0.1) is 0 Å². The van der Waals surface area contributed by atoms with Crippen LogP contribution in [0.15, 0.2) is 42.7 Å². The van der Waals surface area contributed by atoms with Crippen molar-refractivity contribution in [1.82, 2.24) is 19.6 Å². The number of anilines is 2. The van der Waals surface area contributed by atoms with Crippen LogP contribution in [0.1, 0.15) is 47.1 Å². The minimum Gasteiger partial charge on any atom is -0.341 e. The van der Waals surface area contributed by atoms with E-state index < -0.39 is 6.43 Å². The lowest BCUT2D eigenvalue weighted by Crippen LogP contribution is -2.35. The van der Waals surface area contributed by atoms with E-state index in [1.165, 1.54) is 5.57 Å². The quantitative estimate of drug-likeness (QED) is 0.469. The number of carbonyl (C=O) groups is 1. The predicted octanol–water partition coefficient (Wildman–Crippen LogP) is 5.34. The van der Waals surface area contributed by atoms with Gasteiger partial charge in [-0.25, -0.2) is 8.78 Å². The molecular weight excluding hydrogens is 484 g/mol. The van der Waals surface area contributed by atoms with Crippen LogP contribution >= 0.6 is 0 Å². The maximum atomic E-state index is 14.4. The molecule has 0 fully saturated rings. The number of carbonyl (C=O) groups excluding carboxylic acids is 1. The van der Waals surface area contributed by atoms with E-state index in [2.05, 4.69) is 40.2 Å². The van der Waals surface area contributed by atoms with Crippen LogP contribution in [-0.4, -0.2) is 59.2 Å². The SMILES string of the molecule is CN1CC=C(c2cc3c(c(N4CCCc5cc(-c6cnn(C)c6)c(C(F)F)cc54)c2)CN(C)C(=O)C3)CC1. The van der Waals surface area contributed by atoms with Gasteiger partial charge in [0, 0.05) is 69.0 Å². The number of aryl methyl sites for hydroxylation is 2.